The number of esters is 1. The summed E-state index contributed by atoms with van der Waals surface area (Å²) in [6.45, 7) is 26.5. The van der Waals surface area contributed by atoms with Crippen LogP contribution in [0.15, 0.2) is 66.9 Å². The Morgan fingerprint density at radius 3 is 1.57 bits per heavy atom. The van der Waals surface area contributed by atoms with Gasteiger partial charge in [-0.1, -0.05) is 107 Å². The molecule has 1 spiro atoms. The lowest BCUT2D eigenvalue weighted by atomic mass is 9.43. The summed E-state index contributed by atoms with van der Waals surface area (Å²) in [6.07, 6.45) is 54.6. The van der Waals surface area contributed by atoms with Crippen molar-refractivity contribution in [1.82, 2.24) is 0 Å². The van der Waals surface area contributed by atoms with Crippen LogP contribution >= 0.6 is 0 Å². The SMILES string of the molecule is CC1CC[C@@]2(OC1)O[C@H]1C[C@H]3[C@@H]4CC[C@@H]5CCCC[C@]5(C)[C@H]4CC[C@]3(C)[C@H]1[C@@H]2C.C[C@]12CC[C@H](O)C=C1CCC1C2CC[C@]2(C)[C@@H](c3ccc(=O)oc3)CC[C@]12O.C[C@]12CC[C@H](O)C[C@H]1CCC1C2CC[C@]2(C)[C@@H](c3ccc(=O)oc3)CC[C@]12O.C[C@]12CC[C@H]3[C@@H](CC[C@@H]4CCCC[C@@]43C)[C@H]1CC[C@@H]2[C@H]1CCC(=O)OC1. The molecule has 0 bridgehead atoms. The number of aliphatic hydroxyl groups excluding tert-OH is 2. The van der Waals surface area contributed by atoms with E-state index in [0.717, 1.165) is 192 Å². The van der Waals surface area contributed by atoms with E-state index in [1.165, 1.54) is 153 Å². The number of aliphatic hydroxyl groups is 4. The van der Waals surface area contributed by atoms with Crippen molar-refractivity contribution < 1.29 is 48.3 Å². The van der Waals surface area contributed by atoms with E-state index in [1.807, 2.05) is 12.1 Å². The van der Waals surface area contributed by atoms with E-state index in [4.69, 9.17) is 23.0 Å². The molecule has 15 saturated carbocycles. The Bertz CT molecular complexity index is 3830. The Balaban J connectivity index is 0.000000104. The van der Waals surface area contributed by atoms with Gasteiger partial charge in [-0.3, -0.25) is 4.79 Å². The van der Waals surface area contributed by atoms with Crippen LogP contribution in [0.5, 0.6) is 0 Å². The molecule has 16 aliphatic carbocycles. The van der Waals surface area contributed by atoms with Crippen LogP contribution in [0.25, 0.3) is 0 Å². The summed E-state index contributed by atoms with van der Waals surface area (Å²) in [5, 5.41) is 44.6. The molecule has 0 radical (unpaired) electrons. The molecule has 616 valence electrons. The minimum absolute atomic E-state index is 0.0354. The maximum atomic E-state index is 12.2. The number of ether oxygens (including phenoxy) is 3. The van der Waals surface area contributed by atoms with Crippen LogP contribution < -0.4 is 11.3 Å². The van der Waals surface area contributed by atoms with Crippen LogP contribution in [0, 0.1) is 150 Å². The molecular formula is C99H148O12. The van der Waals surface area contributed by atoms with E-state index in [9.17, 15) is 34.8 Å². The average molecular weight is 1530 g/mol. The van der Waals surface area contributed by atoms with Gasteiger partial charge in [0.05, 0.1) is 55.3 Å². The predicted molar refractivity (Wildman–Crippen MR) is 434 cm³/mol. The molecule has 4 N–H and O–H groups in total. The Labute approximate surface area is 667 Å². The van der Waals surface area contributed by atoms with Crippen LogP contribution in [0.3, 0.4) is 0 Å². The quantitative estimate of drug-likeness (QED) is 0.169. The van der Waals surface area contributed by atoms with Crippen LogP contribution in [-0.2, 0) is 19.0 Å². The van der Waals surface area contributed by atoms with Crippen molar-refractivity contribution in [2.24, 2.45) is 150 Å². The first-order valence-electron chi connectivity index (χ1n) is 47.1. The van der Waals surface area contributed by atoms with Gasteiger partial charge < -0.3 is 43.5 Å². The molecule has 18 fully saturated rings. The first-order valence-corrected chi connectivity index (χ1v) is 47.1. The molecule has 12 nitrogen and oxygen atoms in total. The fourth-order valence-corrected chi connectivity index (χ4v) is 35.5. The van der Waals surface area contributed by atoms with E-state index in [-0.39, 0.29) is 68.7 Å². The molecule has 5 heterocycles. The van der Waals surface area contributed by atoms with Gasteiger partial charge in [-0.05, 0) is 386 Å². The molecule has 0 aromatic carbocycles. The van der Waals surface area contributed by atoms with Gasteiger partial charge in [0.2, 0.25) is 0 Å². The molecule has 2 aromatic rings. The van der Waals surface area contributed by atoms with Crippen LogP contribution in [0.1, 0.15) is 349 Å². The fourth-order valence-electron chi connectivity index (χ4n) is 35.5. The third kappa shape index (κ3) is 12.3. The Morgan fingerprint density at radius 2 is 0.973 bits per heavy atom. The first-order chi connectivity index (χ1) is 52.9. The van der Waals surface area contributed by atoms with Crippen molar-refractivity contribution in [2.75, 3.05) is 13.2 Å². The molecule has 34 atom stereocenters. The fraction of sp³-hybridized carbons (Fsp3) is 0.869. The number of carbonyl (C=O) groups is 1. The minimum Gasteiger partial charge on any atom is -0.465 e. The highest BCUT2D eigenvalue weighted by Crippen LogP contribution is 2.76. The Hall–Kier alpha value is -3.13. The molecule has 5 unspecified atom stereocenters. The summed E-state index contributed by atoms with van der Waals surface area (Å²) in [4.78, 5) is 34.3. The number of allylic oxidation sites excluding steroid dienone is 1. The smallest absolute Gasteiger partial charge is 0.335 e. The number of hydrogen-bond acceptors (Lipinski definition) is 12. The Kier molecular flexibility index (Phi) is 20.5. The molecule has 0 amide bonds. The maximum Gasteiger partial charge on any atom is 0.335 e. The summed E-state index contributed by atoms with van der Waals surface area (Å²) in [6, 6.07) is 6.82. The van der Waals surface area contributed by atoms with Crippen molar-refractivity contribution in [1.29, 1.82) is 0 Å². The van der Waals surface area contributed by atoms with Crippen molar-refractivity contribution in [3.63, 3.8) is 0 Å². The number of fused-ring (bicyclic) bond motifs is 22. The highest BCUT2D eigenvalue weighted by atomic mass is 16.7. The molecule has 19 aliphatic rings. The van der Waals surface area contributed by atoms with Gasteiger partial charge in [0.1, 0.15) is 0 Å². The van der Waals surface area contributed by atoms with Crippen molar-refractivity contribution in [3.8, 4) is 0 Å². The molecule has 111 heavy (non-hydrogen) atoms. The summed E-state index contributed by atoms with van der Waals surface area (Å²) in [5.74, 6) is 13.9. The third-order valence-electron chi connectivity index (χ3n) is 41.6. The second-order valence-corrected chi connectivity index (χ2v) is 45.1. The van der Waals surface area contributed by atoms with Crippen LogP contribution in [-0.4, -0.2) is 74.9 Å². The third-order valence-corrected chi connectivity index (χ3v) is 41.6. The van der Waals surface area contributed by atoms with Gasteiger partial charge in [0.25, 0.3) is 0 Å². The molecular weight excluding hydrogens is 1380 g/mol. The second-order valence-electron chi connectivity index (χ2n) is 45.1. The highest BCUT2D eigenvalue weighted by molar-refractivity contribution is 5.70. The van der Waals surface area contributed by atoms with Gasteiger partial charge in [-0.25, -0.2) is 9.59 Å². The molecule has 2 aromatic heterocycles. The summed E-state index contributed by atoms with van der Waals surface area (Å²) in [7, 11) is 0. The van der Waals surface area contributed by atoms with Gasteiger partial charge in [0.15, 0.2) is 5.79 Å². The lowest BCUT2D eigenvalue weighted by Crippen LogP contribution is -2.62. The van der Waals surface area contributed by atoms with E-state index < -0.39 is 11.2 Å². The zero-order valence-electron chi connectivity index (χ0n) is 70.6. The zero-order valence-corrected chi connectivity index (χ0v) is 70.6. The molecule has 3 saturated heterocycles. The summed E-state index contributed by atoms with van der Waals surface area (Å²) < 4.78 is 29.2. The van der Waals surface area contributed by atoms with Gasteiger partial charge in [-0.2, -0.15) is 0 Å². The lowest BCUT2D eigenvalue weighted by molar-refractivity contribution is -0.273. The zero-order chi connectivity index (χ0) is 77.4. The highest BCUT2D eigenvalue weighted by Gasteiger charge is 2.72. The number of carbonyl (C=O) groups excluding carboxylic acids is 1. The first kappa shape index (κ1) is 79.0. The molecule has 12 heteroatoms. The monoisotopic (exact) mass is 1530 g/mol. The maximum absolute atomic E-state index is 12.2. The van der Waals surface area contributed by atoms with Gasteiger partial charge in [0, 0.05) is 41.7 Å². The summed E-state index contributed by atoms with van der Waals surface area (Å²) >= 11 is 0. The van der Waals surface area contributed by atoms with Crippen molar-refractivity contribution in [2.45, 2.75) is 373 Å². The average Bonchev–Trinajstić information content (AvgIpc) is 1.60. The normalized spacial score (nSPS) is 53.5. The van der Waals surface area contributed by atoms with E-state index in [1.54, 1.807) is 12.5 Å². The second kappa shape index (κ2) is 28.8. The number of rotatable bonds is 3. The van der Waals surface area contributed by atoms with Gasteiger partial charge in [-0.15, -0.1) is 0 Å². The van der Waals surface area contributed by atoms with Gasteiger partial charge >= 0.3 is 17.2 Å². The standard InChI is InChI=1S/C27H44O2.C24H34O4.C24H32O4.C24H38O2/c1-17-10-14-27(28-16-17)18(2)24-23(29-27)15-22-20-9-8-19-7-5-6-12-25(19,3)21(20)11-13-26(22,24)4;2*1-22-10-7-17(25)13-16(22)4-5-20-19(22)8-11-23(2)18(9-12-24(20,23)27)15-3-6-21(26)28-14-15;1-23-13-4-3-5-17(23)7-8-18-20-10-9-19(16-6-11-22(25)26-15-16)24(20,2)14-12-21(18)23/h17-24H,5-16H2,1-4H3;3,6,14,16-20,25,27H,4-5,7-13H2,1-2H3;3,6,13-14,17-20,25,27H,4-5,7-12H2,1-2H3;16-21H,3-15H2,1-2H3/t17?,18-,19-,20+,21-,22-,23-,24-,25-,26-,27+;16-,17+,18-,19?,20?,22+,23-,24+;17-,18+,19?,20?,22-,23+,24-;16-,17-,18-,19+,20+,21-,23-,24+/m0100/s1. The van der Waals surface area contributed by atoms with Crippen LogP contribution in [0.2, 0.25) is 0 Å². The van der Waals surface area contributed by atoms with E-state index in [2.05, 4.69) is 75.3 Å². The minimum atomic E-state index is -0.665. The van der Waals surface area contributed by atoms with E-state index >= 15 is 0 Å². The van der Waals surface area contributed by atoms with Crippen molar-refractivity contribution in [3.05, 3.63) is 80.4 Å². The van der Waals surface area contributed by atoms with Crippen LogP contribution in [0.4, 0.5) is 0 Å². The largest absolute Gasteiger partial charge is 0.465 e. The number of hydrogen-bond donors (Lipinski definition) is 4. The molecule has 21 rings (SSSR count). The number of cyclic esters (lactones) is 1. The van der Waals surface area contributed by atoms with E-state index in [0.29, 0.717) is 88.1 Å². The summed E-state index contributed by atoms with van der Waals surface area (Å²) in [5.41, 5.74) is 3.97. The predicted octanol–water partition coefficient (Wildman–Crippen LogP) is 21.2. The molecule has 3 aliphatic heterocycles. The topological polar surface area (TPSA) is 186 Å². The lowest BCUT2D eigenvalue weighted by Gasteiger charge is -2.63. The van der Waals surface area contributed by atoms with Crippen molar-refractivity contribution >= 4 is 5.97 Å². The Morgan fingerprint density at radius 1 is 0.423 bits per heavy atom.